The first-order valence-electron chi connectivity index (χ1n) is 11.7. The molecule has 3 atom stereocenters. The van der Waals surface area contributed by atoms with E-state index in [1.165, 1.54) is 4.90 Å². The number of amides is 3. The van der Waals surface area contributed by atoms with E-state index < -0.39 is 23.8 Å². The summed E-state index contributed by atoms with van der Waals surface area (Å²) in [7, 11) is 1.59. The Morgan fingerprint density at radius 1 is 0.971 bits per heavy atom. The van der Waals surface area contributed by atoms with Gasteiger partial charge in [0, 0.05) is 13.6 Å². The highest BCUT2D eigenvalue weighted by Crippen LogP contribution is 2.23. The molecule has 3 amide bonds. The third-order valence-electron chi connectivity index (χ3n) is 5.56. The molecule has 7 nitrogen and oxygen atoms in total. The Bertz CT molecular complexity index is 941. The summed E-state index contributed by atoms with van der Waals surface area (Å²) in [4.78, 5) is 40.8. The fourth-order valence-electron chi connectivity index (χ4n) is 3.53. The number of nitrogens with zero attached hydrogens (tertiary/aromatic N) is 1. The number of hydrogen-bond acceptors (Lipinski definition) is 4. The number of benzene rings is 2. The number of likely N-dealkylation sites (N-methyl/N-ethyl adjacent to an activating group) is 1. The number of nitrogens with one attached hydrogen (secondary N) is 2. The van der Waals surface area contributed by atoms with Gasteiger partial charge in [0.15, 0.2) is 0 Å². The summed E-state index contributed by atoms with van der Waals surface area (Å²) in [5.74, 6) is -0.818. The highest BCUT2D eigenvalue weighted by Gasteiger charge is 2.36. The van der Waals surface area contributed by atoms with Crippen molar-refractivity contribution in [2.24, 2.45) is 5.92 Å². The first kappa shape index (κ1) is 26.9. The third-order valence-corrected chi connectivity index (χ3v) is 5.56. The van der Waals surface area contributed by atoms with E-state index in [1.807, 2.05) is 74.5 Å². The van der Waals surface area contributed by atoms with Gasteiger partial charge in [-0.3, -0.25) is 9.59 Å². The Kier molecular flexibility index (Phi) is 9.66. The van der Waals surface area contributed by atoms with Gasteiger partial charge in [-0.25, -0.2) is 4.79 Å². The maximum absolute atomic E-state index is 13.6. The molecular weight excluding hydrogens is 430 g/mol. The Morgan fingerprint density at radius 3 is 2.06 bits per heavy atom. The van der Waals surface area contributed by atoms with E-state index in [4.69, 9.17) is 4.74 Å². The van der Waals surface area contributed by atoms with E-state index in [2.05, 4.69) is 10.6 Å². The normalized spacial score (nSPS) is 13.8. The molecule has 0 spiro atoms. The molecule has 0 aromatic heterocycles. The predicted octanol–water partition coefficient (Wildman–Crippen LogP) is 4.44. The predicted molar refractivity (Wildman–Crippen MR) is 133 cm³/mol. The summed E-state index contributed by atoms with van der Waals surface area (Å²) >= 11 is 0. The minimum atomic E-state index is -0.857. The largest absolute Gasteiger partial charge is 0.444 e. The number of carbonyl (C=O) groups excluding carboxylic acids is 3. The van der Waals surface area contributed by atoms with Gasteiger partial charge in [-0.1, -0.05) is 80.9 Å². The van der Waals surface area contributed by atoms with Crippen LogP contribution in [-0.2, 0) is 20.9 Å². The zero-order chi connectivity index (χ0) is 25.3. The van der Waals surface area contributed by atoms with Crippen LogP contribution in [0.1, 0.15) is 58.2 Å². The quantitative estimate of drug-likeness (QED) is 0.571. The van der Waals surface area contributed by atoms with Crippen LogP contribution in [0.4, 0.5) is 4.79 Å². The average Bonchev–Trinajstić information content (AvgIpc) is 2.80. The summed E-state index contributed by atoms with van der Waals surface area (Å²) < 4.78 is 5.37. The van der Waals surface area contributed by atoms with Crippen molar-refractivity contribution in [3.05, 3.63) is 71.8 Å². The maximum atomic E-state index is 13.6. The molecule has 2 N–H and O–H groups in total. The van der Waals surface area contributed by atoms with E-state index >= 15 is 0 Å². The molecule has 0 saturated heterocycles. The SMILES string of the molecule is CCC(C)C(NC(=O)OC(C)(C)C)C(=O)N(C)C(C(=O)NCc1ccccc1)c1ccccc1. The van der Waals surface area contributed by atoms with Gasteiger partial charge in [0.2, 0.25) is 11.8 Å². The second-order valence-electron chi connectivity index (χ2n) is 9.48. The van der Waals surface area contributed by atoms with Crippen molar-refractivity contribution in [2.45, 2.75) is 65.3 Å². The topological polar surface area (TPSA) is 87.7 Å². The molecule has 0 heterocycles. The van der Waals surface area contributed by atoms with Crippen LogP contribution in [0.25, 0.3) is 0 Å². The van der Waals surface area contributed by atoms with E-state index in [0.29, 0.717) is 18.5 Å². The summed E-state index contributed by atoms with van der Waals surface area (Å²) in [6.45, 7) is 9.48. The lowest BCUT2D eigenvalue weighted by Gasteiger charge is -2.33. The molecule has 184 valence electrons. The number of carbonyl (C=O) groups is 3. The second kappa shape index (κ2) is 12.2. The molecule has 34 heavy (non-hydrogen) atoms. The van der Waals surface area contributed by atoms with Crippen molar-refractivity contribution < 1.29 is 19.1 Å². The van der Waals surface area contributed by atoms with Gasteiger partial charge in [-0.05, 0) is 37.8 Å². The van der Waals surface area contributed by atoms with Gasteiger partial charge >= 0.3 is 6.09 Å². The summed E-state index contributed by atoms with van der Waals surface area (Å²) in [5, 5.41) is 5.67. The number of ether oxygens (including phenoxy) is 1. The smallest absolute Gasteiger partial charge is 0.408 e. The van der Waals surface area contributed by atoms with Crippen molar-refractivity contribution in [1.29, 1.82) is 0 Å². The lowest BCUT2D eigenvalue weighted by atomic mass is 9.96. The van der Waals surface area contributed by atoms with Gasteiger partial charge in [0.1, 0.15) is 17.7 Å². The zero-order valence-electron chi connectivity index (χ0n) is 21.0. The van der Waals surface area contributed by atoms with E-state index in [0.717, 1.165) is 5.56 Å². The summed E-state index contributed by atoms with van der Waals surface area (Å²) in [5.41, 5.74) is 0.952. The molecule has 0 aliphatic carbocycles. The van der Waals surface area contributed by atoms with E-state index in [9.17, 15) is 14.4 Å². The first-order valence-corrected chi connectivity index (χ1v) is 11.7. The Hall–Kier alpha value is -3.35. The van der Waals surface area contributed by atoms with Crippen LogP contribution in [0.2, 0.25) is 0 Å². The van der Waals surface area contributed by atoms with E-state index in [-0.39, 0.29) is 17.7 Å². The molecular formula is C27H37N3O4. The standard InChI is InChI=1S/C27H37N3O4/c1-7-19(2)22(29-26(33)34-27(3,4)5)25(32)30(6)23(21-16-12-9-13-17-21)24(31)28-18-20-14-10-8-11-15-20/h8-17,19,22-23H,7,18H2,1-6H3,(H,28,31)(H,29,33). The fourth-order valence-corrected chi connectivity index (χ4v) is 3.53. The molecule has 7 heteroatoms. The van der Waals surface area contributed by atoms with Crippen LogP contribution in [0.3, 0.4) is 0 Å². The minimum absolute atomic E-state index is 0.161. The van der Waals surface area contributed by atoms with Crippen LogP contribution in [0.15, 0.2) is 60.7 Å². The maximum Gasteiger partial charge on any atom is 0.408 e. The lowest BCUT2D eigenvalue weighted by molar-refractivity contribution is -0.141. The zero-order valence-corrected chi connectivity index (χ0v) is 21.0. The number of alkyl carbamates (subject to hydrolysis) is 1. The fraction of sp³-hybridized carbons (Fsp3) is 0.444. The van der Waals surface area contributed by atoms with Crippen molar-refractivity contribution in [1.82, 2.24) is 15.5 Å². The Morgan fingerprint density at radius 2 is 1.53 bits per heavy atom. The monoisotopic (exact) mass is 467 g/mol. The van der Waals surface area contributed by atoms with Crippen LogP contribution < -0.4 is 10.6 Å². The molecule has 2 rings (SSSR count). The lowest BCUT2D eigenvalue weighted by Crippen LogP contribution is -2.54. The highest BCUT2D eigenvalue weighted by atomic mass is 16.6. The molecule has 0 bridgehead atoms. The minimum Gasteiger partial charge on any atom is -0.444 e. The number of hydrogen-bond donors (Lipinski definition) is 2. The molecule has 0 aliphatic rings. The molecule has 3 unspecified atom stereocenters. The molecule has 0 aliphatic heterocycles. The van der Waals surface area contributed by atoms with Crippen LogP contribution in [0, 0.1) is 5.92 Å². The van der Waals surface area contributed by atoms with Crippen LogP contribution in [0.5, 0.6) is 0 Å². The van der Waals surface area contributed by atoms with Gasteiger partial charge in [0.05, 0.1) is 0 Å². The summed E-state index contributed by atoms with van der Waals surface area (Å²) in [6, 6.07) is 17.0. The van der Waals surface area contributed by atoms with Crippen molar-refractivity contribution in [3.8, 4) is 0 Å². The number of rotatable bonds is 9. The molecule has 2 aromatic rings. The van der Waals surface area contributed by atoms with Gasteiger partial charge in [-0.15, -0.1) is 0 Å². The van der Waals surface area contributed by atoms with Crippen molar-refractivity contribution in [3.63, 3.8) is 0 Å². The molecule has 0 saturated carbocycles. The van der Waals surface area contributed by atoms with Gasteiger partial charge in [0.25, 0.3) is 0 Å². The summed E-state index contributed by atoms with van der Waals surface area (Å²) in [6.07, 6.45) is 0.000300. The van der Waals surface area contributed by atoms with Crippen LogP contribution >= 0.6 is 0 Å². The highest BCUT2D eigenvalue weighted by molar-refractivity contribution is 5.92. The molecule has 2 aromatic carbocycles. The van der Waals surface area contributed by atoms with Gasteiger partial charge in [-0.2, -0.15) is 0 Å². The average molecular weight is 468 g/mol. The van der Waals surface area contributed by atoms with Crippen molar-refractivity contribution >= 4 is 17.9 Å². The van der Waals surface area contributed by atoms with Crippen LogP contribution in [-0.4, -0.2) is 41.5 Å². The third kappa shape index (κ3) is 7.90. The first-order chi connectivity index (χ1) is 16.0. The molecule has 0 fully saturated rings. The van der Waals surface area contributed by atoms with Crippen molar-refractivity contribution in [2.75, 3.05) is 7.05 Å². The van der Waals surface area contributed by atoms with Gasteiger partial charge < -0.3 is 20.3 Å². The Labute approximate surface area is 202 Å². The molecule has 0 radical (unpaired) electrons. The Balaban J connectivity index is 2.27. The van der Waals surface area contributed by atoms with E-state index in [1.54, 1.807) is 27.8 Å². The second-order valence-corrected chi connectivity index (χ2v) is 9.48.